The molecule has 1 aromatic rings. The van der Waals surface area contributed by atoms with E-state index in [4.69, 9.17) is 11.1 Å². The number of pyridine rings is 1. The molecule has 0 aromatic carbocycles. The van der Waals surface area contributed by atoms with Crippen molar-refractivity contribution in [2.24, 2.45) is 5.73 Å². The molecular weight excluding hydrogens is 359 g/mol. The van der Waals surface area contributed by atoms with E-state index in [0.717, 1.165) is 5.57 Å². The van der Waals surface area contributed by atoms with Gasteiger partial charge in [-0.25, -0.2) is 0 Å². The summed E-state index contributed by atoms with van der Waals surface area (Å²) in [6, 6.07) is 1.21. The highest BCUT2D eigenvalue weighted by atomic mass is 19.4. The van der Waals surface area contributed by atoms with Gasteiger partial charge in [0.05, 0.1) is 11.4 Å². The van der Waals surface area contributed by atoms with Crippen molar-refractivity contribution < 1.29 is 18.0 Å². The van der Waals surface area contributed by atoms with Crippen molar-refractivity contribution in [2.45, 2.75) is 20.0 Å². The number of anilines is 1. The van der Waals surface area contributed by atoms with Crippen LogP contribution in [0.2, 0.25) is 0 Å². The van der Waals surface area contributed by atoms with Crippen molar-refractivity contribution in [3.05, 3.63) is 59.3 Å². The molecular formula is C18H20F3N5O. The third kappa shape index (κ3) is 5.19. The van der Waals surface area contributed by atoms with E-state index in [0.29, 0.717) is 12.2 Å². The summed E-state index contributed by atoms with van der Waals surface area (Å²) in [5, 5.41) is 10.7. The maximum Gasteiger partial charge on any atom is 0.405 e. The number of halogens is 3. The Morgan fingerprint density at radius 1 is 1.48 bits per heavy atom. The third-order valence-corrected chi connectivity index (χ3v) is 3.78. The van der Waals surface area contributed by atoms with Crippen LogP contribution in [0.3, 0.4) is 0 Å². The van der Waals surface area contributed by atoms with Crippen molar-refractivity contribution >= 4 is 17.2 Å². The Hall–Kier alpha value is -3.10. The normalized spacial score (nSPS) is 14.8. The molecule has 4 N–H and O–H groups in total. The smallest absolute Gasteiger partial charge is 0.403 e. The molecule has 2 heterocycles. The largest absolute Gasteiger partial charge is 0.405 e. The summed E-state index contributed by atoms with van der Waals surface area (Å²) in [6.45, 7) is 2.30. The second kappa shape index (κ2) is 8.07. The van der Waals surface area contributed by atoms with E-state index in [1.807, 2.05) is 19.1 Å². The van der Waals surface area contributed by atoms with E-state index in [1.165, 1.54) is 25.4 Å². The number of nitrogens with one attached hydrogen (secondary N) is 2. The Kier molecular flexibility index (Phi) is 6.04. The number of ketones is 1. The van der Waals surface area contributed by atoms with Gasteiger partial charge in [0.2, 0.25) is 0 Å². The lowest BCUT2D eigenvalue weighted by Crippen LogP contribution is -2.28. The number of alkyl halides is 3. The fourth-order valence-corrected chi connectivity index (χ4v) is 2.51. The number of hydrogen-bond acceptors (Lipinski definition) is 6. The maximum absolute atomic E-state index is 12.6. The molecule has 1 aliphatic heterocycles. The standard InChI is InChI=1S/C18H20F3N5O/c1-11-4-3-5-26(9-11)16(7-22)17(23)13-8-24-14(12(2)27)6-15(13)25-10-18(19,20)21/h3-4,6-9,23H,5,10,22H2,1-2H3,(H,24,25)/b16-7-,23-17?. The Morgan fingerprint density at radius 3 is 2.74 bits per heavy atom. The Labute approximate surface area is 154 Å². The summed E-state index contributed by atoms with van der Waals surface area (Å²) in [4.78, 5) is 17.2. The fraction of sp³-hybridized carbons (Fsp3) is 0.278. The topological polar surface area (TPSA) is 95.1 Å². The molecule has 27 heavy (non-hydrogen) atoms. The Balaban J connectivity index is 2.41. The average molecular weight is 379 g/mol. The maximum atomic E-state index is 12.6. The summed E-state index contributed by atoms with van der Waals surface area (Å²) < 4.78 is 37.9. The molecule has 0 radical (unpaired) electrons. The van der Waals surface area contributed by atoms with Gasteiger partial charge in [-0.05, 0) is 18.6 Å². The van der Waals surface area contributed by atoms with Crippen LogP contribution in [-0.4, -0.2) is 40.6 Å². The monoisotopic (exact) mass is 379 g/mol. The van der Waals surface area contributed by atoms with Crippen LogP contribution < -0.4 is 11.1 Å². The first-order valence-electron chi connectivity index (χ1n) is 8.06. The van der Waals surface area contributed by atoms with Crippen LogP contribution in [0, 0.1) is 5.41 Å². The first-order valence-corrected chi connectivity index (χ1v) is 8.06. The van der Waals surface area contributed by atoms with Gasteiger partial charge in [-0.15, -0.1) is 0 Å². The molecule has 0 unspecified atom stereocenters. The number of allylic oxidation sites excluding steroid dienone is 3. The molecule has 0 atom stereocenters. The van der Waals surface area contributed by atoms with Gasteiger partial charge < -0.3 is 16.0 Å². The van der Waals surface area contributed by atoms with E-state index in [1.54, 1.807) is 11.1 Å². The minimum atomic E-state index is -4.46. The number of carbonyl (C=O) groups excluding carboxylic acids is 1. The zero-order valence-electron chi connectivity index (χ0n) is 14.9. The zero-order chi connectivity index (χ0) is 20.2. The van der Waals surface area contributed by atoms with Gasteiger partial charge in [0, 0.05) is 43.3 Å². The predicted molar refractivity (Wildman–Crippen MR) is 97.5 cm³/mol. The van der Waals surface area contributed by atoms with Crippen molar-refractivity contribution in [3.8, 4) is 0 Å². The number of nitrogens with two attached hydrogens (primary N) is 1. The molecule has 1 aliphatic rings. The Bertz CT molecular complexity index is 840. The quantitative estimate of drug-likeness (QED) is 0.521. The van der Waals surface area contributed by atoms with E-state index >= 15 is 0 Å². The van der Waals surface area contributed by atoms with Gasteiger partial charge in [-0.2, -0.15) is 13.2 Å². The van der Waals surface area contributed by atoms with Gasteiger partial charge in [0.25, 0.3) is 0 Å². The van der Waals surface area contributed by atoms with Crippen molar-refractivity contribution in [1.29, 1.82) is 5.41 Å². The van der Waals surface area contributed by atoms with E-state index in [9.17, 15) is 18.0 Å². The van der Waals surface area contributed by atoms with Crippen LogP contribution >= 0.6 is 0 Å². The zero-order valence-corrected chi connectivity index (χ0v) is 14.9. The van der Waals surface area contributed by atoms with Crippen LogP contribution in [0.5, 0.6) is 0 Å². The lowest BCUT2D eigenvalue weighted by atomic mass is 10.0. The number of Topliss-reactive ketones (excluding diaryl/α,β-unsaturated/α-hetero) is 1. The second-order valence-electron chi connectivity index (χ2n) is 5.99. The predicted octanol–water partition coefficient (Wildman–Crippen LogP) is 3.20. The fourth-order valence-electron chi connectivity index (χ4n) is 2.51. The molecule has 6 nitrogen and oxygen atoms in total. The highest BCUT2D eigenvalue weighted by Gasteiger charge is 2.28. The molecule has 0 saturated heterocycles. The van der Waals surface area contributed by atoms with Crippen LogP contribution in [0.25, 0.3) is 0 Å². The lowest BCUT2D eigenvalue weighted by Gasteiger charge is -2.26. The molecule has 2 rings (SSSR count). The van der Waals surface area contributed by atoms with Crippen LogP contribution in [0.15, 0.2) is 48.1 Å². The molecule has 144 valence electrons. The van der Waals surface area contributed by atoms with Gasteiger partial charge in [-0.3, -0.25) is 15.2 Å². The number of hydrogen-bond donors (Lipinski definition) is 3. The minimum Gasteiger partial charge on any atom is -0.403 e. The first-order chi connectivity index (χ1) is 12.6. The molecule has 0 aliphatic carbocycles. The van der Waals surface area contributed by atoms with Gasteiger partial charge in [0.1, 0.15) is 12.2 Å². The van der Waals surface area contributed by atoms with E-state index in [-0.39, 0.29) is 22.7 Å². The third-order valence-electron chi connectivity index (χ3n) is 3.78. The number of carbonyl (C=O) groups is 1. The van der Waals surface area contributed by atoms with E-state index in [2.05, 4.69) is 10.3 Å². The van der Waals surface area contributed by atoms with Gasteiger partial charge in [-0.1, -0.05) is 12.2 Å². The Morgan fingerprint density at radius 2 is 2.19 bits per heavy atom. The van der Waals surface area contributed by atoms with Gasteiger partial charge >= 0.3 is 6.18 Å². The molecule has 0 spiro atoms. The summed E-state index contributed by atoms with van der Waals surface area (Å²) in [5.74, 6) is -0.391. The molecule has 9 heteroatoms. The van der Waals surface area contributed by atoms with Crippen molar-refractivity contribution in [1.82, 2.24) is 9.88 Å². The summed E-state index contributed by atoms with van der Waals surface area (Å²) in [6.07, 6.45) is 3.55. The second-order valence-corrected chi connectivity index (χ2v) is 5.99. The van der Waals surface area contributed by atoms with Gasteiger partial charge in [0.15, 0.2) is 5.78 Å². The molecule has 0 saturated carbocycles. The van der Waals surface area contributed by atoms with Crippen LogP contribution in [0.1, 0.15) is 29.9 Å². The average Bonchev–Trinajstić information content (AvgIpc) is 2.59. The molecule has 0 fully saturated rings. The highest BCUT2D eigenvalue weighted by Crippen LogP contribution is 2.24. The van der Waals surface area contributed by atoms with Crippen LogP contribution in [0.4, 0.5) is 18.9 Å². The highest BCUT2D eigenvalue weighted by molar-refractivity contribution is 6.13. The number of rotatable bonds is 6. The van der Waals surface area contributed by atoms with Crippen molar-refractivity contribution in [2.75, 3.05) is 18.4 Å². The van der Waals surface area contributed by atoms with E-state index < -0.39 is 18.5 Å². The lowest BCUT2D eigenvalue weighted by molar-refractivity contribution is -0.115. The molecule has 0 amide bonds. The molecule has 1 aromatic heterocycles. The summed E-state index contributed by atoms with van der Waals surface area (Å²) in [5.41, 5.74) is 6.94. The SMILES string of the molecule is CC(=O)c1cc(NCC(F)(F)F)c(C(=N)/C(=C/N)N2C=C(C)C=CC2)cn1. The van der Waals surface area contributed by atoms with Crippen LogP contribution in [-0.2, 0) is 0 Å². The number of aromatic nitrogens is 1. The first kappa shape index (κ1) is 20.2. The minimum absolute atomic E-state index is 0.00569. The number of nitrogens with zero attached hydrogens (tertiary/aromatic N) is 2. The molecule has 0 bridgehead atoms. The summed E-state index contributed by atoms with van der Waals surface area (Å²) in [7, 11) is 0. The van der Waals surface area contributed by atoms with Crippen molar-refractivity contribution in [3.63, 3.8) is 0 Å². The summed E-state index contributed by atoms with van der Waals surface area (Å²) >= 11 is 0.